The first-order valence-electron chi connectivity index (χ1n) is 9.93. The summed E-state index contributed by atoms with van der Waals surface area (Å²) in [5.41, 5.74) is 1.75. The molecule has 5 heteroatoms. The predicted octanol–water partition coefficient (Wildman–Crippen LogP) is 3.49. The fourth-order valence-electron chi connectivity index (χ4n) is 6.52. The van der Waals surface area contributed by atoms with Crippen molar-refractivity contribution in [1.29, 1.82) is 0 Å². The number of rotatable bonds is 3. The summed E-state index contributed by atoms with van der Waals surface area (Å²) in [6.07, 6.45) is 8.62. The highest BCUT2D eigenvalue weighted by molar-refractivity contribution is 7.91. The first-order chi connectivity index (χ1) is 12.4. The maximum atomic E-state index is 12.2. The lowest BCUT2D eigenvalue weighted by atomic mass is 9.48. The molecule has 1 unspecified atom stereocenters. The molecule has 0 radical (unpaired) electrons. The molecule has 0 spiro atoms. The number of benzene rings is 1. The van der Waals surface area contributed by atoms with Crippen LogP contribution >= 0.6 is 0 Å². The summed E-state index contributed by atoms with van der Waals surface area (Å²) in [5.74, 6) is 2.35. The van der Waals surface area contributed by atoms with E-state index in [9.17, 15) is 13.2 Å². The van der Waals surface area contributed by atoms with Gasteiger partial charge in [-0.2, -0.15) is 0 Å². The number of hydrogen-bond donors (Lipinski definition) is 0. The Kier molecular flexibility index (Phi) is 3.76. The third-order valence-electron chi connectivity index (χ3n) is 7.29. The largest absolute Gasteiger partial charge is 0.426 e. The van der Waals surface area contributed by atoms with Crippen LogP contribution in [0, 0.1) is 23.7 Å². The highest BCUT2D eigenvalue weighted by Crippen LogP contribution is 2.60. The zero-order valence-electron chi connectivity index (χ0n) is 15.0. The van der Waals surface area contributed by atoms with E-state index in [0.717, 1.165) is 17.8 Å². The Morgan fingerprint density at radius 3 is 2.04 bits per heavy atom. The summed E-state index contributed by atoms with van der Waals surface area (Å²) in [4.78, 5) is 12.2. The Hall–Kier alpha value is -1.36. The standard InChI is InChI=1S/C21H26O4S/c22-20(17-5-6-26(23,24)13-17)25-19-3-1-18(2-4-19)21-10-14-7-15(11-21)9-16(8-14)12-21/h1-4,14-17H,5-13H2. The van der Waals surface area contributed by atoms with Crippen molar-refractivity contribution in [2.75, 3.05) is 11.5 Å². The number of carbonyl (C=O) groups excluding carboxylic acids is 1. The topological polar surface area (TPSA) is 60.4 Å². The van der Waals surface area contributed by atoms with Gasteiger partial charge in [-0.05, 0) is 85.8 Å². The van der Waals surface area contributed by atoms with Gasteiger partial charge < -0.3 is 4.74 Å². The van der Waals surface area contributed by atoms with E-state index in [1.54, 1.807) is 0 Å². The van der Waals surface area contributed by atoms with Crippen molar-refractivity contribution in [3.05, 3.63) is 29.8 Å². The van der Waals surface area contributed by atoms with Crippen LogP contribution in [0.2, 0.25) is 0 Å². The summed E-state index contributed by atoms with van der Waals surface area (Å²) in [6.45, 7) is 0. The second-order valence-electron chi connectivity index (χ2n) is 9.24. The second-order valence-corrected chi connectivity index (χ2v) is 11.5. The van der Waals surface area contributed by atoms with Crippen LogP contribution in [0.1, 0.15) is 50.5 Å². The lowest BCUT2D eigenvalue weighted by molar-refractivity contribution is -0.138. The Morgan fingerprint density at radius 1 is 0.962 bits per heavy atom. The van der Waals surface area contributed by atoms with Gasteiger partial charge >= 0.3 is 5.97 Å². The fourth-order valence-corrected chi connectivity index (χ4v) is 8.25. The van der Waals surface area contributed by atoms with Crippen molar-refractivity contribution >= 4 is 15.8 Å². The van der Waals surface area contributed by atoms with Crippen molar-refractivity contribution in [3.8, 4) is 5.75 Å². The molecule has 1 atom stereocenters. The molecule has 140 valence electrons. The van der Waals surface area contributed by atoms with Crippen molar-refractivity contribution < 1.29 is 17.9 Å². The second kappa shape index (κ2) is 5.82. The molecule has 1 saturated heterocycles. The van der Waals surface area contributed by atoms with Gasteiger partial charge in [-0.25, -0.2) is 8.42 Å². The molecule has 4 saturated carbocycles. The maximum Gasteiger partial charge on any atom is 0.315 e. The first-order valence-corrected chi connectivity index (χ1v) is 11.8. The molecule has 6 rings (SSSR count). The van der Waals surface area contributed by atoms with Crippen molar-refractivity contribution in [2.45, 2.75) is 50.4 Å². The van der Waals surface area contributed by atoms with Gasteiger partial charge in [-0.1, -0.05) is 12.1 Å². The van der Waals surface area contributed by atoms with Crippen LogP contribution in [0.5, 0.6) is 5.75 Å². The normalized spacial score (nSPS) is 39.8. The van der Waals surface area contributed by atoms with Gasteiger partial charge in [-0.3, -0.25) is 4.79 Å². The molecule has 1 aromatic carbocycles. The molecule has 1 heterocycles. The number of esters is 1. The number of carbonyl (C=O) groups is 1. The third-order valence-corrected chi connectivity index (χ3v) is 9.06. The van der Waals surface area contributed by atoms with Crippen LogP contribution in [0.25, 0.3) is 0 Å². The number of hydrogen-bond acceptors (Lipinski definition) is 4. The molecule has 0 aromatic heterocycles. The molecular weight excluding hydrogens is 348 g/mol. The molecule has 4 aliphatic carbocycles. The van der Waals surface area contributed by atoms with Crippen molar-refractivity contribution in [1.82, 2.24) is 0 Å². The summed E-state index contributed by atoms with van der Waals surface area (Å²) >= 11 is 0. The summed E-state index contributed by atoms with van der Waals surface area (Å²) in [7, 11) is -3.07. The SMILES string of the molecule is O=C(Oc1ccc(C23CC4CC(CC(C4)C2)C3)cc1)C1CCS(=O)(=O)C1. The highest BCUT2D eigenvalue weighted by Gasteiger charge is 2.51. The molecule has 0 N–H and O–H groups in total. The van der Waals surface area contributed by atoms with E-state index in [2.05, 4.69) is 12.1 Å². The van der Waals surface area contributed by atoms with E-state index in [-0.39, 0.29) is 11.5 Å². The van der Waals surface area contributed by atoms with E-state index in [0.29, 0.717) is 17.6 Å². The molecular formula is C21H26O4S. The average Bonchev–Trinajstić information content (AvgIpc) is 2.94. The summed E-state index contributed by atoms with van der Waals surface area (Å²) in [6, 6.07) is 8.08. The number of sulfone groups is 1. The van der Waals surface area contributed by atoms with Gasteiger partial charge in [0.1, 0.15) is 5.75 Å². The van der Waals surface area contributed by atoms with E-state index < -0.39 is 21.7 Å². The smallest absolute Gasteiger partial charge is 0.315 e. The third kappa shape index (κ3) is 2.88. The number of ether oxygens (including phenoxy) is 1. The monoisotopic (exact) mass is 374 g/mol. The van der Waals surface area contributed by atoms with E-state index in [1.165, 1.54) is 44.1 Å². The minimum atomic E-state index is -3.07. The molecule has 5 fully saturated rings. The Bertz CT molecular complexity index is 789. The molecule has 0 amide bonds. The average molecular weight is 375 g/mol. The summed E-state index contributed by atoms with van der Waals surface area (Å²) < 4.78 is 28.5. The van der Waals surface area contributed by atoms with Crippen LogP contribution in [0.4, 0.5) is 0 Å². The first kappa shape index (κ1) is 16.8. The van der Waals surface area contributed by atoms with E-state index in [4.69, 9.17) is 4.74 Å². The van der Waals surface area contributed by atoms with Crippen LogP contribution in [0.3, 0.4) is 0 Å². The quantitative estimate of drug-likeness (QED) is 0.600. The Balaban J connectivity index is 1.30. The van der Waals surface area contributed by atoms with Gasteiger partial charge in [-0.15, -0.1) is 0 Å². The maximum absolute atomic E-state index is 12.2. The lowest BCUT2D eigenvalue weighted by Crippen LogP contribution is -2.48. The molecule has 26 heavy (non-hydrogen) atoms. The van der Waals surface area contributed by atoms with Crippen LogP contribution in [-0.4, -0.2) is 25.9 Å². The highest BCUT2D eigenvalue weighted by atomic mass is 32.2. The van der Waals surface area contributed by atoms with Gasteiger partial charge in [0.2, 0.25) is 0 Å². The van der Waals surface area contributed by atoms with Gasteiger partial charge in [0, 0.05) is 0 Å². The molecule has 1 aromatic rings. The zero-order valence-corrected chi connectivity index (χ0v) is 15.8. The predicted molar refractivity (Wildman–Crippen MR) is 98.7 cm³/mol. The Morgan fingerprint density at radius 2 is 1.54 bits per heavy atom. The minimum absolute atomic E-state index is 0.0722. The van der Waals surface area contributed by atoms with Gasteiger partial charge in [0.15, 0.2) is 9.84 Å². The summed E-state index contributed by atoms with van der Waals surface area (Å²) in [5, 5.41) is 0. The van der Waals surface area contributed by atoms with Gasteiger partial charge in [0.05, 0.1) is 17.4 Å². The molecule has 4 nitrogen and oxygen atoms in total. The molecule has 5 aliphatic rings. The van der Waals surface area contributed by atoms with Crippen molar-refractivity contribution in [3.63, 3.8) is 0 Å². The van der Waals surface area contributed by atoms with Crippen molar-refractivity contribution in [2.24, 2.45) is 23.7 Å². The fraction of sp³-hybridized carbons (Fsp3) is 0.667. The lowest BCUT2D eigenvalue weighted by Gasteiger charge is -2.57. The van der Waals surface area contributed by atoms with E-state index >= 15 is 0 Å². The van der Waals surface area contributed by atoms with Crippen LogP contribution in [0.15, 0.2) is 24.3 Å². The van der Waals surface area contributed by atoms with E-state index in [1.807, 2.05) is 12.1 Å². The molecule has 1 aliphatic heterocycles. The minimum Gasteiger partial charge on any atom is -0.426 e. The Labute approximate surface area is 155 Å². The molecule has 4 bridgehead atoms. The van der Waals surface area contributed by atoms with Gasteiger partial charge in [0.25, 0.3) is 0 Å². The van der Waals surface area contributed by atoms with Crippen LogP contribution in [-0.2, 0) is 20.0 Å². The zero-order chi connectivity index (χ0) is 17.9. The van der Waals surface area contributed by atoms with Crippen LogP contribution < -0.4 is 4.74 Å².